The van der Waals surface area contributed by atoms with Crippen molar-refractivity contribution in [3.63, 3.8) is 0 Å². The number of aromatic nitrogens is 1. The first-order valence-electron chi connectivity index (χ1n) is 7.14. The largest absolute Gasteiger partial charge is 0.492 e. The Balaban J connectivity index is 2.17. The average molecular weight is 266 g/mol. The van der Waals surface area contributed by atoms with E-state index in [0.717, 1.165) is 50.3 Å². The lowest BCUT2D eigenvalue weighted by Crippen LogP contribution is -2.22. The third-order valence-electron chi connectivity index (χ3n) is 2.81. The zero-order valence-corrected chi connectivity index (χ0v) is 12.1. The van der Waals surface area contributed by atoms with Gasteiger partial charge in [-0.3, -0.25) is 4.98 Å². The Morgan fingerprint density at radius 2 is 2.00 bits per heavy atom. The molecule has 0 fully saturated rings. The second-order valence-corrected chi connectivity index (χ2v) is 5.01. The van der Waals surface area contributed by atoms with Crippen LogP contribution in [-0.4, -0.2) is 29.3 Å². The molecule has 0 unspecified atom stereocenters. The van der Waals surface area contributed by atoms with Gasteiger partial charge in [-0.15, -0.1) is 0 Å². The number of nitrogens with zero attached hydrogens (tertiary/aromatic N) is 1. The highest BCUT2D eigenvalue weighted by Gasteiger charge is 1.98. The van der Waals surface area contributed by atoms with Crippen LogP contribution in [0.15, 0.2) is 18.3 Å². The summed E-state index contributed by atoms with van der Waals surface area (Å²) in [6.07, 6.45) is 5.86. The molecule has 0 saturated heterocycles. The predicted molar refractivity (Wildman–Crippen MR) is 77.3 cm³/mol. The normalized spacial score (nSPS) is 10.9. The molecule has 4 nitrogen and oxygen atoms in total. The van der Waals surface area contributed by atoms with E-state index < -0.39 is 0 Å². The molecule has 0 aliphatic rings. The number of aliphatic hydroxyl groups is 1. The zero-order valence-electron chi connectivity index (χ0n) is 12.1. The zero-order chi connectivity index (χ0) is 13.9. The molecule has 1 rings (SSSR count). The average Bonchev–Trinajstić information content (AvgIpc) is 2.41. The number of pyridine rings is 1. The van der Waals surface area contributed by atoms with Gasteiger partial charge in [-0.2, -0.15) is 0 Å². The molecule has 4 heteroatoms. The van der Waals surface area contributed by atoms with Crippen LogP contribution in [-0.2, 0) is 6.54 Å². The lowest BCUT2D eigenvalue weighted by atomic mass is 10.2. The van der Waals surface area contributed by atoms with E-state index in [1.807, 2.05) is 12.1 Å². The summed E-state index contributed by atoms with van der Waals surface area (Å²) in [5.74, 6) is 0.829. The highest BCUT2D eigenvalue weighted by molar-refractivity contribution is 5.19. The molecule has 0 spiro atoms. The van der Waals surface area contributed by atoms with Gasteiger partial charge in [-0.25, -0.2) is 0 Å². The van der Waals surface area contributed by atoms with Gasteiger partial charge in [0.1, 0.15) is 5.75 Å². The lowest BCUT2D eigenvalue weighted by molar-refractivity contribution is 0.273. The van der Waals surface area contributed by atoms with E-state index in [-0.39, 0.29) is 6.61 Å². The third-order valence-corrected chi connectivity index (χ3v) is 2.81. The van der Waals surface area contributed by atoms with Gasteiger partial charge >= 0.3 is 0 Å². The maximum atomic E-state index is 8.66. The molecule has 1 aromatic heterocycles. The van der Waals surface area contributed by atoms with Gasteiger partial charge in [-0.05, 0) is 31.4 Å². The van der Waals surface area contributed by atoms with Crippen LogP contribution in [0.1, 0.15) is 45.2 Å². The van der Waals surface area contributed by atoms with E-state index in [4.69, 9.17) is 9.84 Å². The minimum atomic E-state index is 0.288. The van der Waals surface area contributed by atoms with E-state index in [2.05, 4.69) is 24.1 Å². The summed E-state index contributed by atoms with van der Waals surface area (Å²) >= 11 is 0. The minimum absolute atomic E-state index is 0.288. The standard InChI is InChI=1S/C15H26N2O2/c1-13(2)16-11-14-7-8-15(12-17-14)19-10-6-4-3-5-9-18/h7-8,12-13,16,18H,3-6,9-11H2,1-2H3. The van der Waals surface area contributed by atoms with Gasteiger partial charge in [0, 0.05) is 19.2 Å². The second kappa shape index (κ2) is 9.75. The number of hydrogen-bond donors (Lipinski definition) is 2. The molecule has 1 heterocycles. The van der Waals surface area contributed by atoms with Crippen LogP contribution in [0.3, 0.4) is 0 Å². The molecule has 0 amide bonds. The number of ether oxygens (including phenoxy) is 1. The van der Waals surface area contributed by atoms with Crippen LogP contribution in [0, 0.1) is 0 Å². The Morgan fingerprint density at radius 3 is 2.63 bits per heavy atom. The van der Waals surface area contributed by atoms with E-state index >= 15 is 0 Å². The Kier molecular flexibility index (Phi) is 8.18. The smallest absolute Gasteiger partial charge is 0.137 e. The summed E-state index contributed by atoms with van der Waals surface area (Å²) in [5.41, 5.74) is 1.03. The summed E-state index contributed by atoms with van der Waals surface area (Å²) in [4.78, 5) is 4.36. The maximum absolute atomic E-state index is 8.66. The van der Waals surface area contributed by atoms with Crippen LogP contribution in [0.2, 0.25) is 0 Å². The Bertz CT molecular complexity index is 325. The number of nitrogens with one attached hydrogen (secondary N) is 1. The maximum Gasteiger partial charge on any atom is 0.137 e. The molecule has 19 heavy (non-hydrogen) atoms. The van der Waals surface area contributed by atoms with Crippen molar-refractivity contribution in [2.45, 2.75) is 52.1 Å². The van der Waals surface area contributed by atoms with Gasteiger partial charge in [0.2, 0.25) is 0 Å². The molecule has 0 bridgehead atoms. The topological polar surface area (TPSA) is 54.4 Å². The van der Waals surface area contributed by atoms with Crippen LogP contribution in [0.25, 0.3) is 0 Å². The van der Waals surface area contributed by atoms with Crippen molar-refractivity contribution in [2.24, 2.45) is 0 Å². The predicted octanol–water partition coefficient (Wildman–Crippen LogP) is 2.51. The molecule has 0 atom stereocenters. The Hall–Kier alpha value is -1.13. The monoisotopic (exact) mass is 266 g/mol. The van der Waals surface area contributed by atoms with Crippen LogP contribution in [0.4, 0.5) is 0 Å². The quantitative estimate of drug-likeness (QED) is 0.639. The molecule has 0 radical (unpaired) electrons. The van der Waals surface area contributed by atoms with Gasteiger partial charge in [0.05, 0.1) is 18.5 Å². The van der Waals surface area contributed by atoms with Crippen molar-refractivity contribution in [2.75, 3.05) is 13.2 Å². The minimum Gasteiger partial charge on any atom is -0.492 e. The van der Waals surface area contributed by atoms with Crippen molar-refractivity contribution in [3.05, 3.63) is 24.0 Å². The van der Waals surface area contributed by atoms with Gasteiger partial charge in [0.15, 0.2) is 0 Å². The fourth-order valence-electron chi connectivity index (χ4n) is 1.67. The SMILES string of the molecule is CC(C)NCc1ccc(OCCCCCCO)cn1. The fourth-order valence-corrected chi connectivity index (χ4v) is 1.67. The summed E-state index contributed by atoms with van der Waals surface area (Å²) in [5, 5.41) is 12.0. The second-order valence-electron chi connectivity index (χ2n) is 5.01. The van der Waals surface area contributed by atoms with E-state index in [1.165, 1.54) is 0 Å². The van der Waals surface area contributed by atoms with E-state index in [0.29, 0.717) is 6.04 Å². The third kappa shape index (κ3) is 7.80. The molecule has 2 N–H and O–H groups in total. The fraction of sp³-hybridized carbons (Fsp3) is 0.667. The summed E-state index contributed by atoms with van der Waals surface area (Å²) in [6, 6.07) is 4.44. The molecule has 0 saturated carbocycles. The molecule has 0 aromatic carbocycles. The molecular weight excluding hydrogens is 240 g/mol. The lowest BCUT2D eigenvalue weighted by Gasteiger charge is -2.09. The first-order chi connectivity index (χ1) is 9.22. The summed E-state index contributed by atoms with van der Waals surface area (Å²) in [7, 11) is 0. The van der Waals surface area contributed by atoms with Crippen molar-refractivity contribution >= 4 is 0 Å². The van der Waals surface area contributed by atoms with Gasteiger partial charge in [0.25, 0.3) is 0 Å². The first kappa shape index (κ1) is 15.9. The number of aliphatic hydroxyl groups excluding tert-OH is 1. The molecule has 108 valence electrons. The summed E-state index contributed by atoms with van der Waals surface area (Å²) < 4.78 is 5.62. The number of rotatable bonds is 10. The van der Waals surface area contributed by atoms with Crippen LogP contribution >= 0.6 is 0 Å². The Morgan fingerprint density at radius 1 is 1.21 bits per heavy atom. The van der Waals surface area contributed by atoms with Gasteiger partial charge < -0.3 is 15.2 Å². The summed E-state index contributed by atoms with van der Waals surface area (Å²) in [6.45, 7) is 6.04. The molecule has 0 aliphatic heterocycles. The van der Waals surface area contributed by atoms with Gasteiger partial charge in [-0.1, -0.05) is 20.3 Å². The van der Waals surface area contributed by atoms with E-state index in [9.17, 15) is 0 Å². The van der Waals surface area contributed by atoms with Crippen LogP contribution in [0.5, 0.6) is 5.75 Å². The highest BCUT2D eigenvalue weighted by Crippen LogP contribution is 2.10. The highest BCUT2D eigenvalue weighted by atomic mass is 16.5. The first-order valence-corrected chi connectivity index (χ1v) is 7.14. The molecular formula is C15H26N2O2. The van der Waals surface area contributed by atoms with Crippen molar-refractivity contribution in [3.8, 4) is 5.75 Å². The molecule has 1 aromatic rings. The van der Waals surface area contributed by atoms with Crippen molar-refractivity contribution < 1.29 is 9.84 Å². The van der Waals surface area contributed by atoms with Crippen LogP contribution < -0.4 is 10.1 Å². The van der Waals surface area contributed by atoms with Crippen molar-refractivity contribution in [1.29, 1.82) is 0 Å². The number of unbranched alkanes of at least 4 members (excludes halogenated alkanes) is 3. The van der Waals surface area contributed by atoms with Crippen molar-refractivity contribution in [1.82, 2.24) is 10.3 Å². The number of hydrogen-bond acceptors (Lipinski definition) is 4. The Labute approximate surface area is 116 Å². The molecule has 0 aliphatic carbocycles. The van der Waals surface area contributed by atoms with E-state index in [1.54, 1.807) is 6.20 Å².